The molecule has 1 amide bonds. The van der Waals surface area contributed by atoms with Crippen molar-refractivity contribution in [2.24, 2.45) is 0 Å². The predicted octanol–water partition coefficient (Wildman–Crippen LogP) is 4.75. The molecule has 0 aliphatic carbocycles. The maximum absolute atomic E-state index is 13.0. The van der Waals surface area contributed by atoms with Crippen molar-refractivity contribution in [3.63, 3.8) is 0 Å². The Bertz CT molecular complexity index is 1770. The average Bonchev–Trinajstić information content (AvgIpc) is 3.59. The molecule has 1 aliphatic heterocycles. The molecule has 0 unspecified atom stereocenters. The molecule has 6 rings (SSSR count). The van der Waals surface area contributed by atoms with Crippen molar-refractivity contribution in [1.82, 2.24) is 35.0 Å². The summed E-state index contributed by atoms with van der Waals surface area (Å²) in [5.74, 6) is 1.46. The van der Waals surface area contributed by atoms with Gasteiger partial charge in [-0.25, -0.2) is 9.97 Å². The zero-order valence-electron chi connectivity index (χ0n) is 23.6. The van der Waals surface area contributed by atoms with E-state index in [-0.39, 0.29) is 24.4 Å². The van der Waals surface area contributed by atoms with Crippen LogP contribution in [0.2, 0.25) is 0 Å². The summed E-state index contributed by atoms with van der Waals surface area (Å²) < 4.78 is 5.58. The summed E-state index contributed by atoms with van der Waals surface area (Å²) in [6.07, 6.45) is 4.90. The highest BCUT2D eigenvalue weighted by Crippen LogP contribution is 2.38. The number of aromatic nitrogens is 6. The van der Waals surface area contributed by atoms with Crippen molar-refractivity contribution in [3.8, 4) is 23.0 Å². The molecule has 216 valence electrons. The van der Waals surface area contributed by atoms with E-state index in [0.29, 0.717) is 46.5 Å². The van der Waals surface area contributed by atoms with Crippen molar-refractivity contribution >= 4 is 23.5 Å². The zero-order chi connectivity index (χ0) is 30.0. The predicted molar refractivity (Wildman–Crippen MR) is 160 cm³/mol. The van der Waals surface area contributed by atoms with Crippen LogP contribution in [0.4, 0.5) is 17.6 Å². The molecule has 12 nitrogen and oxygen atoms in total. The van der Waals surface area contributed by atoms with Gasteiger partial charge in [0, 0.05) is 18.9 Å². The number of hydrogen-bond acceptors (Lipinski definition) is 11. The number of carbonyl (C=O) groups is 1. The van der Waals surface area contributed by atoms with Crippen molar-refractivity contribution < 1.29 is 14.4 Å². The summed E-state index contributed by atoms with van der Waals surface area (Å²) in [6, 6.07) is 17.9. The molecule has 1 atom stereocenters. The molecule has 0 saturated carbocycles. The number of amides is 1. The summed E-state index contributed by atoms with van der Waals surface area (Å²) in [5.41, 5.74) is 2.42. The van der Waals surface area contributed by atoms with Crippen LogP contribution in [0.5, 0.6) is 0 Å². The van der Waals surface area contributed by atoms with Gasteiger partial charge in [0.1, 0.15) is 22.9 Å². The first-order valence-electron chi connectivity index (χ1n) is 13.7. The van der Waals surface area contributed by atoms with Gasteiger partial charge in [0.25, 0.3) is 11.8 Å². The Morgan fingerprint density at radius 1 is 1.02 bits per heavy atom. The van der Waals surface area contributed by atoms with E-state index in [1.54, 1.807) is 47.6 Å². The van der Waals surface area contributed by atoms with Gasteiger partial charge in [-0.1, -0.05) is 47.6 Å². The normalized spacial score (nSPS) is 14.3. The number of fused-ring (bicyclic) bond motifs is 1. The summed E-state index contributed by atoms with van der Waals surface area (Å²) in [5, 5.41) is 20.8. The maximum atomic E-state index is 13.0. The van der Waals surface area contributed by atoms with Crippen molar-refractivity contribution in [1.29, 1.82) is 0 Å². The smallest absolute Gasteiger partial charge is 0.263 e. The molecule has 5 heterocycles. The number of anilines is 3. The van der Waals surface area contributed by atoms with Gasteiger partial charge in [-0.3, -0.25) is 9.78 Å². The molecular formula is C31H29N9O3. The Labute approximate surface area is 247 Å². The van der Waals surface area contributed by atoms with Gasteiger partial charge in [-0.2, -0.15) is 9.97 Å². The lowest BCUT2D eigenvalue weighted by Gasteiger charge is -2.30. The quantitative estimate of drug-likeness (QED) is 0.198. The number of nitrogens with zero attached hydrogens (tertiary/aromatic N) is 7. The van der Waals surface area contributed by atoms with Crippen molar-refractivity contribution in [3.05, 3.63) is 103 Å². The lowest BCUT2D eigenvalue weighted by atomic mass is 9.99. The summed E-state index contributed by atoms with van der Waals surface area (Å²) >= 11 is 0. The Kier molecular flexibility index (Phi) is 7.34. The average molecular weight is 576 g/mol. The van der Waals surface area contributed by atoms with Crippen LogP contribution in [0.3, 0.4) is 0 Å². The van der Waals surface area contributed by atoms with E-state index >= 15 is 0 Å². The highest BCUT2D eigenvalue weighted by Gasteiger charge is 2.43. The number of rotatable bonds is 10. The first-order valence-corrected chi connectivity index (χ1v) is 13.7. The fourth-order valence-corrected chi connectivity index (χ4v) is 4.97. The Morgan fingerprint density at radius 3 is 2.58 bits per heavy atom. The van der Waals surface area contributed by atoms with E-state index in [1.165, 1.54) is 0 Å². The number of hydrogen-bond donors (Lipinski definition) is 3. The number of aliphatic hydroxyl groups excluding tert-OH is 1. The van der Waals surface area contributed by atoms with Crippen LogP contribution < -0.4 is 10.6 Å². The van der Waals surface area contributed by atoms with Crippen LogP contribution in [-0.4, -0.2) is 59.1 Å². The standard InChI is InChI=1S/C31H29N9O3/c1-4-16-40-29(42)20-13-14-24(35-25(20)31(40,2)3)36-30-33-17-21(28-37-27(39-43-28)22-12-8-9-15-32-22)26(38-30)34-23(18-41)19-10-6-5-7-11-19/h4-15,17,23,41H,1,16,18H2,2-3H3,(H2,33,34,35,36,38)/t23-/m1/s1. The monoisotopic (exact) mass is 575 g/mol. The van der Waals surface area contributed by atoms with E-state index < -0.39 is 11.6 Å². The van der Waals surface area contributed by atoms with E-state index in [1.807, 2.05) is 50.2 Å². The lowest BCUT2D eigenvalue weighted by Crippen LogP contribution is -2.39. The van der Waals surface area contributed by atoms with Crippen LogP contribution in [0.1, 0.15) is 41.5 Å². The van der Waals surface area contributed by atoms with Gasteiger partial charge in [0.2, 0.25) is 11.8 Å². The second kappa shape index (κ2) is 11.4. The Morgan fingerprint density at radius 2 is 1.84 bits per heavy atom. The lowest BCUT2D eigenvalue weighted by molar-refractivity contribution is 0.0649. The minimum absolute atomic E-state index is 0.0911. The third-order valence-electron chi connectivity index (χ3n) is 7.21. The van der Waals surface area contributed by atoms with Crippen LogP contribution in [0.15, 0.2) is 90.2 Å². The molecule has 0 spiro atoms. The fourth-order valence-electron chi connectivity index (χ4n) is 4.97. The summed E-state index contributed by atoms with van der Waals surface area (Å²) in [7, 11) is 0. The molecular weight excluding hydrogens is 546 g/mol. The number of nitrogens with one attached hydrogen (secondary N) is 2. The van der Waals surface area contributed by atoms with E-state index in [4.69, 9.17) is 14.5 Å². The minimum atomic E-state index is -0.622. The van der Waals surface area contributed by atoms with Crippen molar-refractivity contribution in [2.45, 2.75) is 25.4 Å². The van der Waals surface area contributed by atoms with Gasteiger partial charge in [0.05, 0.1) is 29.4 Å². The van der Waals surface area contributed by atoms with E-state index in [9.17, 15) is 9.90 Å². The maximum Gasteiger partial charge on any atom is 0.263 e. The largest absolute Gasteiger partial charge is 0.394 e. The van der Waals surface area contributed by atoms with Gasteiger partial charge < -0.3 is 25.2 Å². The molecule has 12 heteroatoms. The minimum Gasteiger partial charge on any atom is -0.394 e. The Hall–Kier alpha value is -5.49. The fraction of sp³-hybridized carbons (Fsp3) is 0.194. The molecule has 5 aromatic rings. The van der Waals surface area contributed by atoms with Crippen LogP contribution in [-0.2, 0) is 5.54 Å². The van der Waals surface area contributed by atoms with Gasteiger partial charge in [0.15, 0.2) is 0 Å². The second-order valence-electron chi connectivity index (χ2n) is 10.4. The topological polar surface area (TPSA) is 155 Å². The van der Waals surface area contributed by atoms with Crippen molar-refractivity contribution in [2.75, 3.05) is 23.8 Å². The molecule has 4 aromatic heterocycles. The van der Waals surface area contributed by atoms with E-state index in [0.717, 1.165) is 5.56 Å². The SMILES string of the molecule is C=CCN1C(=O)c2ccc(Nc3ncc(-c4nc(-c5ccccn5)no4)c(N[C@H](CO)c4ccccc4)n3)nc2C1(C)C. The molecule has 0 fully saturated rings. The van der Waals surface area contributed by atoms with Gasteiger partial charge in [-0.05, 0) is 43.7 Å². The summed E-state index contributed by atoms with van der Waals surface area (Å²) in [6.45, 7) is 7.89. The van der Waals surface area contributed by atoms with Crippen LogP contribution in [0, 0.1) is 0 Å². The zero-order valence-corrected chi connectivity index (χ0v) is 23.6. The molecule has 0 radical (unpaired) electrons. The third kappa shape index (κ3) is 5.31. The Balaban J connectivity index is 1.35. The second-order valence-corrected chi connectivity index (χ2v) is 10.4. The number of pyridine rings is 2. The summed E-state index contributed by atoms with van der Waals surface area (Å²) in [4.78, 5) is 37.5. The molecule has 0 bridgehead atoms. The molecule has 0 saturated heterocycles. The van der Waals surface area contributed by atoms with Crippen LogP contribution in [0.25, 0.3) is 23.0 Å². The van der Waals surface area contributed by atoms with Gasteiger partial charge in [-0.15, -0.1) is 6.58 Å². The number of benzene rings is 1. The highest BCUT2D eigenvalue weighted by atomic mass is 16.5. The molecule has 43 heavy (non-hydrogen) atoms. The highest BCUT2D eigenvalue weighted by molar-refractivity contribution is 5.99. The number of aliphatic hydroxyl groups is 1. The third-order valence-corrected chi connectivity index (χ3v) is 7.21. The van der Waals surface area contributed by atoms with E-state index in [2.05, 4.69) is 37.3 Å². The van der Waals surface area contributed by atoms with Crippen LogP contribution >= 0.6 is 0 Å². The molecule has 1 aliphatic rings. The molecule has 3 N–H and O–H groups in total. The number of carbonyl (C=O) groups excluding carboxylic acids is 1. The first-order chi connectivity index (χ1) is 20.9. The first kappa shape index (κ1) is 27.7. The van der Waals surface area contributed by atoms with Gasteiger partial charge >= 0.3 is 0 Å². The molecule has 1 aromatic carbocycles.